The molecule has 0 aliphatic rings. The Balaban J connectivity index is 1.72. The Morgan fingerprint density at radius 3 is 2.57 bits per heavy atom. The van der Waals surface area contributed by atoms with Crippen LogP contribution in [0.3, 0.4) is 0 Å². The summed E-state index contributed by atoms with van der Waals surface area (Å²) < 4.78 is 0. The number of aryl methyl sites for hydroxylation is 2. The lowest BCUT2D eigenvalue weighted by molar-refractivity contribution is 0.240. The van der Waals surface area contributed by atoms with Crippen molar-refractivity contribution in [1.29, 1.82) is 0 Å². The third-order valence-corrected chi connectivity index (χ3v) is 3.48. The summed E-state index contributed by atoms with van der Waals surface area (Å²) in [6.45, 7) is 5.32. The van der Waals surface area contributed by atoms with Gasteiger partial charge in [0.1, 0.15) is 0 Å². The topological polar surface area (TPSA) is 41.1 Å². The molecule has 110 valence electrons. The fourth-order valence-electron chi connectivity index (χ4n) is 2.23. The Kier molecular flexibility index (Phi) is 5.38. The zero-order chi connectivity index (χ0) is 15.1. The predicted molar refractivity (Wildman–Crippen MR) is 86.3 cm³/mol. The molecule has 0 bridgehead atoms. The summed E-state index contributed by atoms with van der Waals surface area (Å²) in [6.07, 6.45) is 0.847. The third-order valence-electron chi connectivity index (χ3n) is 3.48. The van der Waals surface area contributed by atoms with E-state index in [4.69, 9.17) is 0 Å². The van der Waals surface area contributed by atoms with E-state index in [1.807, 2.05) is 37.3 Å². The smallest absolute Gasteiger partial charge is 0.315 e. The van der Waals surface area contributed by atoms with Crippen molar-refractivity contribution in [3.63, 3.8) is 0 Å². The first kappa shape index (κ1) is 15.1. The highest BCUT2D eigenvalue weighted by atomic mass is 16.2. The molecule has 0 heterocycles. The molecular weight excluding hydrogens is 260 g/mol. The van der Waals surface area contributed by atoms with Gasteiger partial charge in [0.2, 0.25) is 0 Å². The molecule has 0 saturated carbocycles. The normalized spacial score (nSPS) is 10.2. The molecule has 2 aromatic rings. The van der Waals surface area contributed by atoms with Gasteiger partial charge in [0, 0.05) is 13.1 Å². The van der Waals surface area contributed by atoms with E-state index in [0.717, 1.165) is 12.0 Å². The number of carbonyl (C=O) groups is 1. The van der Waals surface area contributed by atoms with E-state index in [2.05, 4.69) is 35.8 Å². The lowest BCUT2D eigenvalue weighted by Crippen LogP contribution is -2.36. The highest BCUT2D eigenvalue weighted by molar-refractivity contribution is 5.73. The molecule has 0 aliphatic heterocycles. The number of urea groups is 1. The number of benzene rings is 2. The molecule has 0 aromatic heterocycles. The fourth-order valence-corrected chi connectivity index (χ4v) is 2.23. The second-order valence-corrected chi connectivity index (χ2v) is 5.27. The number of hydrogen-bond acceptors (Lipinski definition) is 1. The first-order valence-corrected chi connectivity index (χ1v) is 7.27. The van der Waals surface area contributed by atoms with Gasteiger partial charge < -0.3 is 10.6 Å². The summed E-state index contributed by atoms with van der Waals surface area (Å²) in [5.41, 5.74) is 4.83. The Labute approximate surface area is 126 Å². The minimum atomic E-state index is -0.120. The van der Waals surface area contributed by atoms with Crippen LogP contribution in [0.25, 0.3) is 0 Å². The molecule has 2 amide bonds. The first-order chi connectivity index (χ1) is 10.1. The van der Waals surface area contributed by atoms with Crippen LogP contribution in [0.2, 0.25) is 0 Å². The van der Waals surface area contributed by atoms with Gasteiger partial charge in [-0.15, -0.1) is 0 Å². The van der Waals surface area contributed by atoms with E-state index in [0.29, 0.717) is 13.1 Å². The molecule has 0 aliphatic carbocycles. The van der Waals surface area contributed by atoms with Gasteiger partial charge in [-0.1, -0.05) is 54.1 Å². The first-order valence-electron chi connectivity index (χ1n) is 7.27. The summed E-state index contributed by atoms with van der Waals surface area (Å²) in [5, 5.41) is 5.78. The molecule has 0 fully saturated rings. The molecule has 0 unspecified atom stereocenters. The Morgan fingerprint density at radius 2 is 1.81 bits per heavy atom. The molecular formula is C18H22N2O. The summed E-state index contributed by atoms with van der Waals surface area (Å²) in [5.74, 6) is 0. The summed E-state index contributed by atoms with van der Waals surface area (Å²) in [4.78, 5) is 11.8. The quantitative estimate of drug-likeness (QED) is 0.867. The minimum Gasteiger partial charge on any atom is -0.338 e. The van der Waals surface area contributed by atoms with Crippen LogP contribution in [0, 0.1) is 13.8 Å². The van der Waals surface area contributed by atoms with E-state index in [9.17, 15) is 4.79 Å². The second-order valence-electron chi connectivity index (χ2n) is 5.27. The molecule has 2 rings (SSSR count). The van der Waals surface area contributed by atoms with Crippen molar-refractivity contribution in [2.24, 2.45) is 0 Å². The van der Waals surface area contributed by atoms with Crippen LogP contribution in [0.5, 0.6) is 0 Å². The van der Waals surface area contributed by atoms with Gasteiger partial charge >= 0.3 is 6.03 Å². The lowest BCUT2D eigenvalue weighted by atomic mass is 10.1. The molecule has 0 saturated heterocycles. The number of amides is 2. The number of nitrogens with one attached hydrogen (secondary N) is 2. The van der Waals surface area contributed by atoms with Crippen molar-refractivity contribution in [3.8, 4) is 0 Å². The van der Waals surface area contributed by atoms with Gasteiger partial charge in [0.15, 0.2) is 0 Å². The van der Waals surface area contributed by atoms with Crippen LogP contribution < -0.4 is 10.6 Å². The maximum Gasteiger partial charge on any atom is 0.315 e. The fraction of sp³-hybridized carbons (Fsp3) is 0.278. The van der Waals surface area contributed by atoms with Gasteiger partial charge in [-0.3, -0.25) is 0 Å². The zero-order valence-corrected chi connectivity index (χ0v) is 12.6. The Hall–Kier alpha value is -2.29. The van der Waals surface area contributed by atoms with E-state index in [-0.39, 0.29) is 6.03 Å². The van der Waals surface area contributed by atoms with Crippen LogP contribution in [0.1, 0.15) is 22.3 Å². The summed E-state index contributed by atoms with van der Waals surface area (Å²) in [7, 11) is 0. The molecule has 21 heavy (non-hydrogen) atoms. The lowest BCUT2D eigenvalue weighted by Gasteiger charge is -2.09. The van der Waals surface area contributed by atoms with Crippen molar-refractivity contribution in [2.45, 2.75) is 26.8 Å². The minimum absolute atomic E-state index is 0.120. The van der Waals surface area contributed by atoms with Crippen LogP contribution in [0.15, 0.2) is 48.5 Å². The van der Waals surface area contributed by atoms with Gasteiger partial charge in [-0.25, -0.2) is 4.79 Å². The van der Waals surface area contributed by atoms with Crippen LogP contribution in [-0.4, -0.2) is 12.6 Å². The molecule has 2 N–H and O–H groups in total. The SMILES string of the molecule is Cc1cccc(CCNC(=O)NCc2ccccc2C)c1. The van der Waals surface area contributed by atoms with Crippen molar-refractivity contribution in [1.82, 2.24) is 10.6 Å². The third kappa shape index (κ3) is 4.95. The van der Waals surface area contributed by atoms with E-state index in [1.165, 1.54) is 16.7 Å². The van der Waals surface area contributed by atoms with Crippen molar-refractivity contribution >= 4 is 6.03 Å². The predicted octanol–water partition coefficient (Wildman–Crippen LogP) is 3.35. The van der Waals surface area contributed by atoms with Crippen LogP contribution in [-0.2, 0) is 13.0 Å². The monoisotopic (exact) mass is 282 g/mol. The van der Waals surface area contributed by atoms with Crippen molar-refractivity contribution in [3.05, 3.63) is 70.8 Å². The van der Waals surface area contributed by atoms with Gasteiger partial charge in [0.05, 0.1) is 0 Å². The average Bonchev–Trinajstić information content (AvgIpc) is 2.46. The molecule has 0 spiro atoms. The Morgan fingerprint density at radius 1 is 1.00 bits per heavy atom. The number of rotatable bonds is 5. The standard InChI is InChI=1S/C18H22N2O/c1-14-6-5-8-16(12-14)10-11-19-18(21)20-13-17-9-4-3-7-15(17)2/h3-9,12H,10-11,13H2,1-2H3,(H2,19,20,21). The summed E-state index contributed by atoms with van der Waals surface area (Å²) >= 11 is 0. The van der Waals surface area contributed by atoms with Gasteiger partial charge in [-0.2, -0.15) is 0 Å². The number of hydrogen-bond donors (Lipinski definition) is 2. The molecule has 0 radical (unpaired) electrons. The Bertz CT molecular complexity index is 608. The molecule has 3 heteroatoms. The highest BCUT2D eigenvalue weighted by Gasteiger charge is 2.02. The largest absolute Gasteiger partial charge is 0.338 e. The summed E-state index contributed by atoms with van der Waals surface area (Å²) in [6, 6.07) is 16.3. The second kappa shape index (κ2) is 7.48. The highest BCUT2D eigenvalue weighted by Crippen LogP contribution is 2.06. The zero-order valence-electron chi connectivity index (χ0n) is 12.6. The van der Waals surface area contributed by atoms with Crippen LogP contribution in [0.4, 0.5) is 4.79 Å². The van der Waals surface area contributed by atoms with Crippen LogP contribution >= 0.6 is 0 Å². The number of carbonyl (C=O) groups excluding carboxylic acids is 1. The maximum absolute atomic E-state index is 11.8. The van der Waals surface area contributed by atoms with E-state index in [1.54, 1.807) is 0 Å². The van der Waals surface area contributed by atoms with Gasteiger partial charge in [0.25, 0.3) is 0 Å². The average molecular weight is 282 g/mol. The van der Waals surface area contributed by atoms with Crippen molar-refractivity contribution < 1.29 is 4.79 Å². The van der Waals surface area contributed by atoms with Gasteiger partial charge in [-0.05, 0) is 37.0 Å². The molecule has 0 atom stereocenters. The van der Waals surface area contributed by atoms with E-state index >= 15 is 0 Å². The van der Waals surface area contributed by atoms with Crippen molar-refractivity contribution in [2.75, 3.05) is 6.54 Å². The molecule has 3 nitrogen and oxygen atoms in total. The van der Waals surface area contributed by atoms with E-state index < -0.39 is 0 Å². The molecule has 2 aromatic carbocycles. The maximum atomic E-state index is 11.8.